The highest BCUT2D eigenvalue weighted by atomic mass is 35.5. The Hall–Kier alpha value is -3.01. The number of carbonyl (C=O) groups is 1. The van der Waals surface area contributed by atoms with E-state index >= 15 is 0 Å². The molecule has 0 bridgehead atoms. The minimum atomic E-state index is -4.01. The van der Waals surface area contributed by atoms with E-state index in [1.54, 1.807) is 7.05 Å². The normalized spacial score (nSPS) is 11.5. The lowest BCUT2D eigenvalue weighted by Gasteiger charge is -2.17. The average Bonchev–Trinajstić information content (AvgIpc) is 3.17. The first-order valence-electron chi connectivity index (χ1n) is 9.41. The fourth-order valence-electron chi connectivity index (χ4n) is 3.04. The molecule has 1 N–H and O–H groups in total. The second-order valence-electron chi connectivity index (χ2n) is 6.99. The lowest BCUT2D eigenvalue weighted by molar-refractivity contribution is 0.0785. The number of carbonyl (C=O) groups excluding carboxylic acids is 1. The monoisotopic (exact) mass is 489 g/mol. The molecule has 0 saturated heterocycles. The van der Waals surface area contributed by atoms with Gasteiger partial charge in [-0.3, -0.25) is 9.52 Å². The van der Waals surface area contributed by atoms with Gasteiger partial charge in [0.15, 0.2) is 0 Å². The first-order valence-corrected chi connectivity index (χ1v) is 12.1. The van der Waals surface area contributed by atoms with Crippen LogP contribution in [0.2, 0.25) is 5.02 Å². The van der Waals surface area contributed by atoms with Crippen molar-refractivity contribution < 1.29 is 17.6 Å². The maximum absolute atomic E-state index is 13.1. The van der Waals surface area contributed by atoms with E-state index in [9.17, 15) is 17.6 Å². The highest BCUT2D eigenvalue weighted by Crippen LogP contribution is 2.27. The maximum Gasteiger partial charge on any atom is 0.261 e. The van der Waals surface area contributed by atoms with Crippen LogP contribution in [0.3, 0.4) is 0 Å². The second-order valence-corrected chi connectivity index (χ2v) is 10.2. The number of hydrogen-bond acceptors (Lipinski definition) is 5. The Bertz CT molecular complexity index is 1370. The van der Waals surface area contributed by atoms with Crippen LogP contribution >= 0.6 is 22.9 Å². The van der Waals surface area contributed by atoms with E-state index in [0.717, 1.165) is 39.5 Å². The van der Waals surface area contributed by atoms with E-state index < -0.39 is 15.8 Å². The molecule has 1 heterocycles. The summed E-state index contributed by atoms with van der Waals surface area (Å²) in [4.78, 5) is 18.8. The molecule has 0 fully saturated rings. The zero-order valence-electron chi connectivity index (χ0n) is 16.7. The SMILES string of the molecule is CN(Cc1nc2ccccc2s1)C(=O)c1ccc(Cl)c(NS(=O)(=O)c2ccc(F)cc2)c1. The van der Waals surface area contributed by atoms with Crippen molar-refractivity contribution in [1.29, 1.82) is 0 Å². The van der Waals surface area contributed by atoms with Crippen molar-refractivity contribution in [3.8, 4) is 0 Å². The van der Waals surface area contributed by atoms with Crippen LogP contribution in [0.15, 0.2) is 71.6 Å². The number of rotatable bonds is 6. The highest BCUT2D eigenvalue weighted by molar-refractivity contribution is 7.92. The van der Waals surface area contributed by atoms with Gasteiger partial charge in [0.25, 0.3) is 15.9 Å². The molecule has 0 spiro atoms. The summed E-state index contributed by atoms with van der Waals surface area (Å²) >= 11 is 7.66. The number of anilines is 1. The summed E-state index contributed by atoms with van der Waals surface area (Å²) in [5, 5.41) is 0.911. The van der Waals surface area contributed by atoms with E-state index in [0.29, 0.717) is 6.54 Å². The number of nitrogens with one attached hydrogen (secondary N) is 1. The van der Waals surface area contributed by atoms with E-state index in [2.05, 4.69) is 9.71 Å². The lowest BCUT2D eigenvalue weighted by atomic mass is 10.2. The van der Waals surface area contributed by atoms with Crippen molar-refractivity contribution in [2.24, 2.45) is 0 Å². The quantitative estimate of drug-likeness (QED) is 0.405. The van der Waals surface area contributed by atoms with Gasteiger partial charge in [0.2, 0.25) is 0 Å². The molecular formula is C22H17ClFN3O3S2. The third kappa shape index (κ3) is 4.74. The van der Waals surface area contributed by atoms with Gasteiger partial charge in [-0.2, -0.15) is 0 Å². The number of thiazole rings is 1. The number of sulfonamides is 1. The van der Waals surface area contributed by atoms with Gasteiger partial charge in [0.05, 0.1) is 32.4 Å². The van der Waals surface area contributed by atoms with Crippen molar-refractivity contribution in [2.45, 2.75) is 11.4 Å². The molecule has 0 atom stereocenters. The standard InChI is InChI=1S/C22H17ClFN3O3S2/c1-27(13-21-25-18-4-2-3-5-20(18)31-21)22(28)14-6-11-17(23)19(12-14)26-32(29,30)16-9-7-15(24)8-10-16/h2-12,26H,13H2,1H3. The van der Waals surface area contributed by atoms with Crippen LogP contribution in [-0.4, -0.2) is 31.3 Å². The number of nitrogens with zero attached hydrogens (tertiary/aromatic N) is 2. The Morgan fingerprint density at radius 1 is 1.12 bits per heavy atom. The molecule has 3 aromatic carbocycles. The number of para-hydroxylation sites is 1. The van der Waals surface area contributed by atoms with Gasteiger partial charge in [-0.05, 0) is 54.6 Å². The number of aromatic nitrogens is 1. The van der Waals surface area contributed by atoms with Crippen molar-refractivity contribution in [3.63, 3.8) is 0 Å². The van der Waals surface area contributed by atoms with Gasteiger partial charge < -0.3 is 4.90 Å². The summed E-state index contributed by atoms with van der Waals surface area (Å²) < 4.78 is 41.7. The molecular weight excluding hydrogens is 473 g/mol. The zero-order valence-corrected chi connectivity index (χ0v) is 19.1. The molecule has 32 heavy (non-hydrogen) atoms. The van der Waals surface area contributed by atoms with Crippen LogP contribution in [0.5, 0.6) is 0 Å². The fourth-order valence-corrected chi connectivity index (χ4v) is 5.35. The summed E-state index contributed by atoms with van der Waals surface area (Å²) in [5.41, 5.74) is 1.18. The molecule has 1 amide bonds. The maximum atomic E-state index is 13.1. The topological polar surface area (TPSA) is 79.4 Å². The lowest BCUT2D eigenvalue weighted by Crippen LogP contribution is -2.26. The highest BCUT2D eigenvalue weighted by Gasteiger charge is 2.19. The minimum absolute atomic E-state index is 0.0511. The van der Waals surface area contributed by atoms with Crippen molar-refractivity contribution in [1.82, 2.24) is 9.88 Å². The first-order chi connectivity index (χ1) is 15.2. The largest absolute Gasteiger partial charge is 0.335 e. The summed E-state index contributed by atoms with van der Waals surface area (Å²) in [5.74, 6) is -0.867. The molecule has 0 unspecified atom stereocenters. The van der Waals surface area contributed by atoms with Crippen molar-refractivity contribution in [2.75, 3.05) is 11.8 Å². The van der Waals surface area contributed by atoms with Crippen LogP contribution in [0.1, 0.15) is 15.4 Å². The van der Waals surface area contributed by atoms with Gasteiger partial charge >= 0.3 is 0 Å². The van der Waals surface area contributed by atoms with E-state index in [4.69, 9.17) is 11.6 Å². The van der Waals surface area contributed by atoms with E-state index in [1.165, 1.54) is 34.4 Å². The number of amides is 1. The van der Waals surface area contributed by atoms with Gasteiger partial charge in [-0.1, -0.05) is 23.7 Å². The molecule has 0 aliphatic carbocycles. The Balaban J connectivity index is 1.54. The van der Waals surface area contributed by atoms with Gasteiger partial charge in [0.1, 0.15) is 10.8 Å². The van der Waals surface area contributed by atoms with Crippen molar-refractivity contribution >= 4 is 54.8 Å². The minimum Gasteiger partial charge on any atom is -0.335 e. The Morgan fingerprint density at radius 3 is 2.56 bits per heavy atom. The number of hydrogen-bond donors (Lipinski definition) is 1. The summed E-state index contributed by atoms with van der Waals surface area (Å²) in [6.07, 6.45) is 0. The molecule has 0 radical (unpaired) electrons. The van der Waals surface area contributed by atoms with Gasteiger partial charge in [-0.15, -0.1) is 11.3 Å². The molecule has 10 heteroatoms. The summed E-state index contributed by atoms with van der Waals surface area (Å²) in [7, 11) is -2.37. The molecule has 164 valence electrons. The van der Waals surface area contributed by atoms with E-state index in [-0.39, 0.29) is 27.1 Å². The molecule has 6 nitrogen and oxygen atoms in total. The first kappa shape index (κ1) is 22.2. The molecule has 4 rings (SSSR count). The summed E-state index contributed by atoms with van der Waals surface area (Å²) in [6.45, 7) is 0.303. The molecule has 1 aromatic heterocycles. The van der Waals surface area contributed by atoms with Gasteiger partial charge in [-0.25, -0.2) is 17.8 Å². The predicted octanol–water partition coefficient (Wildman–Crippen LogP) is 5.16. The average molecular weight is 490 g/mol. The number of benzene rings is 3. The van der Waals surface area contributed by atoms with Crippen LogP contribution in [0.25, 0.3) is 10.2 Å². The third-order valence-electron chi connectivity index (χ3n) is 4.64. The number of halogens is 2. The van der Waals surface area contributed by atoms with Crippen molar-refractivity contribution in [3.05, 3.63) is 88.1 Å². The van der Waals surface area contributed by atoms with Crippen LogP contribution in [-0.2, 0) is 16.6 Å². The fraction of sp³-hybridized carbons (Fsp3) is 0.0909. The molecule has 0 aliphatic rings. The van der Waals surface area contributed by atoms with Crippen LogP contribution in [0, 0.1) is 5.82 Å². The Kier molecular flexibility index (Phi) is 6.14. The molecule has 0 aliphatic heterocycles. The second kappa shape index (κ2) is 8.85. The predicted molar refractivity (Wildman–Crippen MR) is 124 cm³/mol. The number of fused-ring (bicyclic) bond motifs is 1. The molecule has 4 aromatic rings. The Labute approximate surface area is 193 Å². The summed E-state index contributed by atoms with van der Waals surface area (Å²) in [6, 6.07) is 16.5. The zero-order chi connectivity index (χ0) is 22.9. The Morgan fingerprint density at radius 2 is 1.84 bits per heavy atom. The van der Waals surface area contributed by atoms with Gasteiger partial charge in [0, 0.05) is 12.6 Å². The third-order valence-corrected chi connectivity index (χ3v) is 7.37. The van der Waals surface area contributed by atoms with Crippen LogP contribution < -0.4 is 4.72 Å². The van der Waals surface area contributed by atoms with Crippen LogP contribution in [0.4, 0.5) is 10.1 Å². The smallest absolute Gasteiger partial charge is 0.261 e. The van der Waals surface area contributed by atoms with E-state index in [1.807, 2.05) is 24.3 Å². The molecule has 0 saturated carbocycles.